The topological polar surface area (TPSA) is 47.0 Å². The molecular formula is C21H23FN2O2. The molecule has 0 amide bonds. The van der Waals surface area contributed by atoms with Gasteiger partial charge in [0, 0.05) is 12.1 Å². The summed E-state index contributed by atoms with van der Waals surface area (Å²) in [5.41, 5.74) is 3.10. The number of methoxy groups -OCH3 is 1. The molecule has 1 N–H and O–H groups in total. The third-order valence-corrected chi connectivity index (χ3v) is 5.41. The monoisotopic (exact) mass is 354 g/mol. The number of nitrogens with zero attached hydrogens (tertiary/aromatic N) is 1. The Hall–Kier alpha value is -2.56. The maximum absolute atomic E-state index is 13.7. The first-order chi connectivity index (χ1) is 12.7. The molecule has 0 radical (unpaired) electrons. The van der Waals surface area contributed by atoms with E-state index in [2.05, 4.69) is 4.98 Å². The van der Waals surface area contributed by atoms with E-state index in [1.807, 2.05) is 22.8 Å². The van der Waals surface area contributed by atoms with E-state index < -0.39 is 0 Å². The SMILES string of the molecule is COc1ccc(F)cc1-c1ccc2c(c1)[nH]c(=O)n2CC1CCCCC1. The minimum atomic E-state index is -0.316. The number of imidazole rings is 1. The number of hydrogen-bond acceptors (Lipinski definition) is 2. The van der Waals surface area contributed by atoms with Crippen LogP contribution in [0.4, 0.5) is 4.39 Å². The van der Waals surface area contributed by atoms with E-state index in [9.17, 15) is 9.18 Å². The van der Waals surface area contributed by atoms with Crippen molar-refractivity contribution in [3.05, 3.63) is 52.7 Å². The molecule has 4 rings (SSSR count). The van der Waals surface area contributed by atoms with E-state index >= 15 is 0 Å². The van der Waals surface area contributed by atoms with Crippen molar-refractivity contribution in [2.45, 2.75) is 38.6 Å². The summed E-state index contributed by atoms with van der Waals surface area (Å²) in [4.78, 5) is 15.4. The van der Waals surface area contributed by atoms with Gasteiger partial charge in [-0.2, -0.15) is 0 Å². The molecule has 0 bridgehead atoms. The number of ether oxygens (including phenoxy) is 1. The van der Waals surface area contributed by atoms with Crippen LogP contribution >= 0.6 is 0 Å². The van der Waals surface area contributed by atoms with Crippen molar-refractivity contribution < 1.29 is 9.13 Å². The third kappa shape index (κ3) is 3.14. The van der Waals surface area contributed by atoms with Crippen molar-refractivity contribution in [3.8, 4) is 16.9 Å². The van der Waals surface area contributed by atoms with E-state index in [0.29, 0.717) is 17.2 Å². The molecule has 1 aromatic heterocycles. The van der Waals surface area contributed by atoms with E-state index in [4.69, 9.17) is 4.74 Å². The molecule has 1 aliphatic carbocycles. The van der Waals surface area contributed by atoms with Gasteiger partial charge < -0.3 is 9.72 Å². The molecule has 0 saturated heterocycles. The molecule has 3 aromatic rings. The van der Waals surface area contributed by atoms with Crippen LogP contribution < -0.4 is 10.4 Å². The first kappa shape index (κ1) is 16.9. The molecular weight excluding hydrogens is 331 g/mol. The van der Waals surface area contributed by atoms with Crippen LogP contribution in [0.25, 0.3) is 22.2 Å². The zero-order valence-electron chi connectivity index (χ0n) is 14.9. The van der Waals surface area contributed by atoms with E-state index in [1.165, 1.54) is 44.2 Å². The van der Waals surface area contributed by atoms with Gasteiger partial charge in [-0.05, 0) is 54.7 Å². The first-order valence-electron chi connectivity index (χ1n) is 9.22. The molecule has 5 heteroatoms. The van der Waals surface area contributed by atoms with Crippen LogP contribution in [0.15, 0.2) is 41.2 Å². The zero-order chi connectivity index (χ0) is 18.1. The van der Waals surface area contributed by atoms with Gasteiger partial charge in [0.05, 0.1) is 18.1 Å². The Kier molecular flexibility index (Phi) is 4.53. The second-order valence-corrected chi connectivity index (χ2v) is 7.12. The smallest absolute Gasteiger partial charge is 0.326 e. The van der Waals surface area contributed by atoms with Crippen molar-refractivity contribution >= 4 is 11.0 Å². The highest BCUT2D eigenvalue weighted by molar-refractivity contribution is 5.83. The van der Waals surface area contributed by atoms with Gasteiger partial charge in [0.15, 0.2) is 0 Å². The number of fused-ring (bicyclic) bond motifs is 1. The number of hydrogen-bond donors (Lipinski definition) is 1. The summed E-state index contributed by atoms with van der Waals surface area (Å²) in [6.45, 7) is 0.765. The summed E-state index contributed by atoms with van der Waals surface area (Å²) >= 11 is 0. The van der Waals surface area contributed by atoms with Gasteiger partial charge in [-0.3, -0.25) is 4.57 Å². The maximum atomic E-state index is 13.7. The number of halogens is 1. The van der Waals surface area contributed by atoms with Gasteiger partial charge in [0.1, 0.15) is 11.6 Å². The molecule has 0 atom stereocenters. The minimum absolute atomic E-state index is 0.0751. The summed E-state index contributed by atoms with van der Waals surface area (Å²) in [5.74, 6) is 0.863. The minimum Gasteiger partial charge on any atom is -0.496 e. The lowest BCUT2D eigenvalue weighted by molar-refractivity contribution is 0.319. The highest BCUT2D eigenvalue weighted by atomic mass is 19.1. The van der Waals surface area contributed by atoms with E-state index in [1.54, 1.807) is 13.2 Å². The van der Waals surface area contributed by atoms with Crippen molar-refractivity contribution in [1.29, 1.82) is 0 Å². The summed E-state index contributed by atoms with van der Waals surface area (Å²) in [7, 11) is 1.57. The Labute approximate surface area is 151 Å². The van der Waals surface area contributed by atoms with Crippen molar-refractivity contribution in [2.24, 2.45) is 5.92 Å². The summed E-state index contributed by atoms with van der Waals surface area (Å²) in [6, 6.07) is 10.2. The molecule has 0 spiro atoms. The van der Waals surface area contributed by atoms with Crippen LogP contribution in [0.3, 0.4) is 0 Å². The number of aromatic amines is 1. The quantitative estimate of drug-likeness (QED) is 0.737. The standard InChI is InChI=1S/C21H23FN2O2/c1-26-20-10-8-16(22)12-17(20)15-7-9-19-18(11-15)23-21(25)24(19)13-14-5-3-2-4-6-14/h7-12,14H,2-6,13H2,1H3,(H,23,25). The molecule has 2 aromatic carbocycles. The maximum Gasteiger partial charge on any atom is 0.326 e. The van der Waals surface area contributed by atoms with E-state index in [-0.39, 0.29) is 11.5 Å². The largest absolute Gasteiger partial charge is 0.496 e. The second kappa shape index (κ2) is 6.98. The van der Waals surface area contributed by atoms with Gasteiger partial charge in [-0.15, -0.1) is 0 Å². The summed E-state index contributed by atoms with van der Waals surface area (Å²) < 4.78 is 20.9. The van der Waals surface area contributed by atoms with Gasteiger partial charge in [-0.25, -0.2) is 9.18 Å². The highest BCUT2D eigenvalue weighted by Gasteiger charge is 2.17. The molecule has 1 fully saturated rings. The second-order valence-electron chi connectivity index (χ2n) is 7.12. The highest BCUT2D eigenvalue weighted by Crippen LogP contribution is 2.32. The van der Waals surface area contributed by atoms with Crippen molar-refractivity contribution in [1.82, 2.24) is 9.55 Å². The van der Waals surface area contributed by atoms with Gasteiger partial charge in [-0.1, -0.05) is 25.3 Å². The van der Waals surface area contributed by atoms with Crippen LogP contribution in [0.5, 0.6) is 5.75 Å². The third-order valence-electron chi connectivity index (χ3n) is 5.41. The fourth-order valence-electron chi connectivity index (χ4n) is 4.05. The Bertz CT molecular complexity index is 983. The van der Waals surface area contributed by atoms with Crippen LogP contribution in [0, 0.1) is 11.7 Å². The molecule has 1 saturated carbocycles. The molecule has 4 nitrogen and oxygen atoms in total. The Morgan fingerprint density at radius 1 is 1.15 bits per heavy atom. The molecule has 26 heavy (non-hydrogen) atoms. The Morgan fingerprint density at radius 2 is 1.96 bits per heavy atom. The predicted molar refractivity (Wildman–Crippen MR) is 101 cm³/mol. The average molecular weight is 354 g/mol. The Morgan fingerprint density at radius 3 is 2.73 bits per heavy atom. The van der Waals surface area contributed by atoms with Crippen molar-refractivity contribution in [3.63, 3.8) is 0 Å². The van der Waals surface area contributed by atoms with Gasteiger partial charge in [0.2, 0.25) is 0 Å². The summed E-state index contributed by atoms with van der Waals surface area (Å²) in [5, 5.41) is 0. The molecule has 0 aliphatic heterocycles. The fraction of sp³-hybridized carbons (Fsp3) is 0.381. The molecule has 1 aliphatic rings. The number of H-pyrrole nitrogens is 1. The van der Waals surface area contributed by atoms with Gasteiger partial charge >= 0.3 is 5.69 Å². The number of nitrogens with one attached hydrogen (secondary N) is 1. The molecule has 1 heterocycles. The fourth-order valence-corrected chi connectivity index (χ4v) is 4.05. The zero-order valence-corrected chi connectivity index (χ0v) is 14.9. The number of benzene rings is 2. The summed E-state index contributed by atoms with van der Waals surface area (Å²) in [6.07, 6.45) is 6.20. The molecule has 136 valence electrons. The van der Waals surface area contributed by atoms with Crippen molar-refractivity contribution in [2.75, 3.05) is 7.11 Å². The first-order valence-corrected chi connectivity index (χ1v) is 9.22. The normalized spacial score (nSPS) is 15.5. The molecule has 0 unspecified atom stereocenters. The lowest BCUT2D eigenvalue weighted by Crippen LogP contribution is -2.22. The van der Waals surface area contributed by atoms with Crippen LogP contribution in [0.1, 0.15) is 32.1 Å². The average Bonchev–Trinajstić information content (AvgIpc) is 2.97. The van der Waals surface area contributed by atoms with Gasteiger partial charge in [0.25, 0.3) is 0 Å². The van der Waals surface area contributed by atoms with Crippen LogP contribution in [-0.4, -0.2) is 16.7 Å². The van der Waals surface area contributed by atoms with Crippen LogP contribution in [-0.2, 0) is 6.54 Å². The lowest BCUT2D eigenvalue weighted by Gasteiger charge is -2.21. The number of rotatable bonds is 4. The van der Waals surface area contributed by atoms with E-state index in [0.717, 1.165) is 23.1 Å². The lowest BCUT2D eigenvalue weighted by atomic mass is 9.89. The Balaban J connectivity index is 1.73. The predicted octanol–water partition coefficient (Wildman–Crippen LogP) is 4.72. The number of aromatic nitrogens is 2. The van der Waals surface area contributed by atoms with Crippen LogP contribution in [0.2, 0.25) is 0 Å².